The van der Waals surface area contributed by atoms with Crippen LogP contribution in [0.4, 0.5) is 4.79 Å². The normalized spacial score (nSPS) is 37.4. The van der Waals surface area contributed by atoms with Crippen molar-refractivity contribution in [3.8, 4) is 0 Å². The van der Waals surface area contributed by atoms with Gasteiger partial charge in [0.15, 0.2) is 0 Å². The van der Waals surface area contributed by atoms with E-state index in [0.29, 0.717) is 25.4 Å². The van der Waals surface area contributed by atoms with Crippen LogP contribution >= 0.6 is 0 Å². The second-order valence-corrected chi connectivity index (χ2v) is 6.14. The van der Waals surface area contributed by atoms with Crippen molar-refractivity contribution < 1.29 is 19.4 Å². The quantitative estimate of drug-likeness (QED) is 0.733. The lowest BCUT2D eigenvalue weighted by Gasteiger charge is -2.36. The van der Waals surface area contributed by atoms with Crippen LogP contribution in [0.3, 0.4) is 0 Å². The fourth-order valence-corrected chi connectivity index (χ4v) is 2.99. The molecule has 0 bridgehead atoms. The standard InChI is InChI=1S/C14H24N2O4/c1-9-3-6-14(7-4-9,12(17)18)16-13(19)15-11-5-8-20-10(11)2/h9-11H,3-8H2,1-2H3,(H,17,18)(H2,15,16,19). The van der Waals surface area contributed by atoms with Gasteiger partial charge < -0.3 is 20.5 Å². The molecule has 1 heterocycles. The molecule has 20 heavy (non-hydrogen) atoms. The van der Waals surface area contributed by atoms with Crippen molar-refractivity contribution in [3.05, 3.63) is 0 Å². The minimum absolute atomic E-state index is 0.0205. The predicted molar refractivity (Wildman–Crippen MR) is 73.5 cm³/mol. The van der Waals surface area contributed by atoms with Crippen molar-refractivity contribution in [2.45, 2.75) is 63.6 Å². The molecular weight excluding hydrogens is 260 g/mol. The van der Waals surface area contributed by atoms with E-state index in [1.54, 1.807) is 0 Å². The van der Waals surface area contributed by atoms with E-state index in [1.165, 1.54) is 0 Å². The van der Waals surface area contributed by atoms with Gasteiger partial charge in [0.1, 0.15) is 5.54 Å². The summed E-state index contributed by atoms with van der Waals surface area (Å²) in [5, 5.41) is 15.0. The molecule has 2 fully saturated rings. The van der Waals surface area contributed by atoms with Crippen LogP contribution in [0.25, 0.3) is 0 Å². The van der Waals surface area contributed by atoms with Crippen molar-refractivity contribution in [3.63, 3.8) is 0 Å². The maximum absolute atomic E-state index is 12.1. The van der Waals surface area contributed by atoms with E-state index in [1.807, 2.05) is 6.92 Å². The zero-order chi connectivity index (χ0) is 14.8. The molecule has 6 heteroatoms. The lowest BCUT2D eigenvalue weighted by Crippen LogP contribution is -2.60. The van der Waals surface area contributed by atoms with Crippen LogP contribution in [-0.2, 0) is 9.53 Å². The number of hydrogen-bond donors (Lipinski definition) is 3. The highest BCUT2D eigenvalue weighted by Crippen LogP contribution is 2.32. The Morgan fingerprint density at radius 2 is 1.85 bits per heavy atom. The molecule has 3 N–H and O–H groups in total. The van der Waals surface area contributed by atoms with Gasteiger partial charge in [0.2, 0.25) is 0 Å². The molecule has 0 aromatic heterocycles. The van der Waals surface area contributed by atoms with E-state index >= 15 is 0 Å². The van der Waals surface area contributed by atoms with Crippen LogP contribution in [0.1, 0.15) is 46.0 Å². The summed E-state index contributed by atoms with van der Waals surface area (Å²) in [5.74, 6) is -0.411. The zero-order valence-corrected chi connectivity index (χ0v) is 12.1. The zero-order valence-electron chi connectivity index (χ0n) is 12.1. The van der Waals surface area contributed by atoms with Gasteiger partial charge in [-0.05, 0) is 44.9 Å². The van der Waals surface area contributed by atoms with Crippen LogP contribution in [-0.4, -0.2) is 41.4 Å². The Bertz CT molecular complexity index is 377. The highest BCUT2D eigenvalue weighted by Gasteiger charge is 2.43. The number of aliphatic carboxylic acids is 1. The van der Waals surface area contributed by atoms with Gasteiger partial charge in [-0.15, -0.1) is 0 Å². The van der Waals surface area contributed by atoms with Gasteiger partial charge in [0.25, 0.3) is 0 Å². The molecule has 0 spiro atoms. The second-order valence-electron chi connectivity index (χ2n) is 6.14. The Balaban J connectivity index is 1.94. The van der Waals surface area contributed by atoms with Crippen LogP contribution in [0, 0.1) is 5.92 Å². The number of carbonyl (C=O) groups is 2. The third kappa shape index (κ3) is 3.23. The maximum Gasteiger partial charge on any atom is 0.329 e. The summed E-state index contributed by atoms with van der Waals surface area (Å²) in [6.07, 6.45) is 3.39. The summed E-state index contributed by atoms with van der Waals surface area (Å²) >= 11 is 0. The van der Waals surface area contributed by atoms with Crippen LogP contribution in [0.2, 0.25) is 0 Å². The number of urea groups is 1. The molecule has 0 radical (unpaired) electrons. The largest absolute Gasteiger partial charge is 0.480 e. The molecule has 2 rings (SSSR count). The van der Waals surface area contributed by atoms with E-state index in [0.717, 1.165) is 19.3 Å². The van der Waals surface area contributed by atoms with Gasteiger partial charge in [-0.3, -0.25) is 0 Å². The van der Waals surface area contributed by atoms with Crippen molar-refractivity contribution in [1.29, 1.82) is 0 Å². The van der Waals surface area contributed by atoms with Gasteiger partial charge in [-0.25, -0.2) is 9.59 Å². The molecule has 2 unspecified atom stereocenters. The van der Waals surface area contributed by atoms with Gasteiger partial charge in [-0.2, -0.15) is 0 Å². The fraction of sp³-hybridized carbons (Fsp3) is 0.857. The highest BCUT2D eigenvalue weighted by molar-refractivity contribution is 5.86. The summed E-state index contributed by atoms with van der Waals surface area (Å²) < 4.78 is 5.38. The molecular formula is C14H24N2O4. The minimum Gasteiger partial charge on any atom is -0.480 e. The number of carboxylic acid groups (broad SMARTS) is 1. The highest BCUT2D eigenvalue weighted by atomic mass is 16.5. The average molecular weight is 284 g/mol. The van der Waals surface area contributed by atoms with Crippen molar-refractivity contribution in [1.82, 2.24) is 10.6 Å². The number of nitrogens with one attached hydrogen (secondary N) is 2. The smallest absolute Gasteiger partial charge is 0.329 e. The molecule has 114 valence electrons. The lowest BCUT2D eigenvalue weighted by atomic mass is 9.77. The number of carboxylic acids is 1. The summed E-state index contributed by atoms with van der Waals surface area (Å²) in [6, 6.07) is -0.437. The predicted octanol–water partition coefficient (Wildman–Crippen LogP) is 1.50. The summed E-state index contributed by atoms with van der Waals surface area (Å²) in [7, 11) is 0. The van der Waals surface area contributed by atoms with E-state index in [-0.39, 0.29) is 12.1 Å². The van der Waals surface area contributed by atoms with Crippen molar-refractivity contribution >= 4 is 12.0 Å². The molecule has 2 amide bonds. The first kappa shape index (κ1) is 15.1. The Labute approximate surface area is 119 Å². The Hall–Kier alpha value is -1.30. The number of rotatable bonds is 3. The molecule has 0 aromatic carbocycles. The Kier molecular flexibility index (Phi) is 4.52. The Morgan fingerprint density at radius 3 is 2.35 bits per heavy atom. The van der Waals surface area contributed by atoms with Crippen molar-refractivity contribution in [2.75, 3.05) is 6.61 Å². The molecule has 2 aliphatic rings. The summed E-state index contributed by atoms with van der Waals surface area (Å²) in [5.41, 5.74) is -1.11. The van der Waals surface area contributed by atoms with Crippen LogP contribution in [0.15, 0.2) is 0 Å². The molecule has 6 nitrogen and oxygen atoms in total. The molecule has 1 aliphatic carbocycles. The first-order valence-corrected chi connectivity index (χ1v) is 7.36. The number of ether oxygens (including phenoxy) is 1. The van der Waals surface area contributed by atoms with E-state index < -0.39 is 17.5 Å². The summed E-state index contributed by atoms with van der Waals surface area (Å²) in [4.78, 5) is 23.6. The first-order valence-electron chi connectivity index (χ1n) is 7.36. The molecule has 1 aliphatic heterocycles. The lowest BCUT2D eigenvalue weighted by molar-refractivity contribution is -0.146. The fourth-order valence-electron chi connectivity index (χ4n) is 2.99. The number of hydrogen-bond acceptors (Lipinski definition) is 3. The SMILES string of the molecule is CC1CCC(NC(=O)NC2CCOC2C)(C(=O)O)CC1. The molecule has 0 aromatic rings. The molecule has 1 saturated heterocycles. The van der Waals surface area contributed by atoms with Gasteiger partial charge >= 0.3 is 12.0 Å². The summed E-state index contributed by atoms with van der Waals surface area (Å²) in [6.45, 7) is 4.66. The van der Waals surface area contributed by atoms with Gasteiger partial charge in [0.05, 0.1) is 12.1 Å². The molecule has 1 saturated carbocycles. The van der Waals surface area contributed by atoms with E-state index in [2.05, 4.69) is 17.6 Å². The Morgan fingerprint density at radius 1 is 1.20 bits per heavy atom. The van der Waals surface area contributed by atoms with Gasteiger partial charge in [-0.1, -0.05) is 6.92 Å². The van der Waals surface area contributed by atoms with Crippen molar-refractivity contribution in [2.24, 2.45) is 5.92 Å². The third-order valence-corrected chi connectivity index (χ3v) is 4.58. The average Bonchev–Trinajstić information content (AvgIpc) is 2.78. The minimum atomic E-state index is -1.11. The third-order valence-electron chi connectivity index (χ3n) is 4.58. The number of carbonyl (C=O) groups excluding carboxylic acids is 1. The van der Waals surface area contributed by atoms with Gasteiger partial charge in [0, 0.05) is 6.61 Å². The van der Waals surface area contributed by atoms with Crippen LogP contribution < -0.4 is 10.6 Å². The number of amides is 2. The molecule has 2 atom stereocenters. The first-order chi connectivity index (χ1) is 9.43. The van der Waals surface area contributed by atoms with E-state index in [9.17, 15) is 14.7 Å². The van der Waals surface area contributed by atoms with E-state index in [4.69, 9.17) is 4.74 Å². The topological polar surface area (TPSA) is 87.7 Å². The second kappa shape index (κ2) is 5.99. The maximum atomic E-state index is 12.1. The monoisotopic (exact) mass is 284 g/mol. The van der Waals surface area contributed by atoms with Crippen LogP contribution in [0.5, 0.6) is 0 Å².